The number of amides is 1. The number of benzene rings is 2. The molecule has 0 saturated carbocycles. The maximum absolute atomic E-state index is 11.8. The van der Waals surface area contributed by atoms with E-state index in [4.69, 9.17) is 9.47 Å². The van der Waals surface area contributed by atoms with Crippen LogP contribution >= 0.6 is 0 Å². The number of ether oxygens (including phenoxy) is 2. The minimum Gasteiger partial charge on any atom is -0.493 e. The zero-order valence-electron chi connectivity index (χ0n) is 12.2. The average Bonchev–Trinajstić information content (AvgIpc) is 2.58. The fraction of sp³-hybridized carbons (Fsp3) is 0.176. The standard InChI is InChI=1S/C17H17NO4/c1-21-15-9-5-8-14(11-19)17(15)22-12-16(20)18-10-13-6-3-2-4-7-13/h2-9,11H,10,12H2,1H3,(H,18,20). The van der Waals surface area contributed by atoms with Crippen LogP contribution in [0.25, 0.3) is 0 Å². The summed E-state index contributed by atoms with van der Waals surface area (Å²) in [5, 5.41) is 2.75. The molecule has 0 aliphatic rings. The van der Waals surface area contributed by atoms with Crippen LogP contribution in [0.5, 0.6) is 11.5 Å². The van der Waals surface area contributed by atoms with Gasteiger partial charge in [-0.15, -0.1) is 0 Å². The van der Waals surface area contributed by atoms with Crippen molar-refractivity contribution in [1.29, 1.82) is 0 Å². The molecule has 0 saturated heterocycles. The minimum absolute atomic E-state index is 0.186. The van der Waals surface area contributed by atoms with Crippen LogP contribution in [0.15, 0.2) is 48.5 Å². The van der Waals surface area contributed by atoms with Crippen LogP contribution in [0.4, 0.5) is 0 Å². The van der Waals surface area contributed by atoms with Gasteiger partial charge in [0.15, 0.2) is 24.4 Å². The van der Waals surface area contributed by atoms with E-state index in [1.807, 2.05) is 30.3 Å². The molecule has 0 radical (unpaired) electrons. The van der Waals surface area contributed by atoms with Gasteiger partial charge in [0.25, 0.3) is 5.91 Å². The lowest BCUT2D eigenvalue weighted by Gasteiger charge is -2.12. The number of aldehydes is 1. The molecule has 2 rings (SSSR count). The Morgan fingerprint density at radius 2 is 1.91 bits per heavy atom. The van der Waals surface area contributed by atoms with Crippen LogP contribution in [0.2, 0.25) is 0 Å². The van der Waals surface area contributed by atoms with Crippen molar-refractivity contribution in [3.05, 3.63) is 59.7 Å². The number of hydrogen-bond acceptors (Lipinski definition) is 4. The number of para-hydroxylation sites is 1. The third-order valence-corrected chi connectivity index (χ3v) is 3.04. The van der Waals surface area contributed by atoms with Crippen molar-refractivity contribution in [3.63, 3.8) is 0 Å². The van der Waals surface area contributed by atoms with E-state index in [1.165, 1.54) is 7.11 Å². The summed E-state index contributed by atoms with van der Waals surface area (Å²) in [4.78, 5) is 22.8. The number of carbonyl (C=O) groups is 2. The Kier molecular flexibility index (Phi) is 5.54. The Hall–Kier alpha value is -2.82. The van der Waals surface area contributed by atoms with E-state index in [2.05, 4.69) is 5.32 Å². The number of carbonyl (C=O) groups excluding carboxylic acids is 2. The molecule has 0 bridgehead atoms. The smallest absolute Gasteiger partial charge is 0.258 e. The molecule has 114 valence electrons. The van der Waals surface area contributed by atoms with E-state index in [-0.39, 0.29) is 18.3 Å². The SMILES string of the molecule is COc1cccc(C=O)c1OCC(=O)NCc1ccccc1. The second kappa shape index (κ2) is 7.83. The molecule has 0 aliphatic heterocycles. The zero-order valence-corrected chi connectivity index (χ0v) is 12.2. The number of rotatable bonds is 7. The van der Waals surface area contributed by atoms with E-state index in [0.717, 1.165) is 5.56 Å². The summed E-state index contributed by atoms with van der Waals surface area (Å²) in [6.07, 6.45) is 0.666. The predicted octanol–water partition coefficient (Wildman–Crippen LogP) is 2.20. The highest BCUT2D eigenvalue weighted by Gasteiger charge is 2.12. The Bertz CT molecular complexity index is 640. The van der Waals surface area contributed by atoms with Crippen LogP contribution in [0.3, 0.4) is 0 Å². The van der Waals surface area contributed by atoms with Crippen molar-refractivity contribution in [2.45, 2.75) is 6.54 Å². The molecule has 0 aliphatic carbocycles. The van der Waals surface area contributed by atoms with Gasteiger partial charge in [-0.3, -0.25) is 9.59 Å². The van der Waals surface area contributed by atoms with Gasteiger partial charge in [-0.25, -0.2) is 0 Å². The lowest BCUT2D eigenvalue weighted by Crippen LogP contribution is -2.28. The van der Waals surface area contributed by atoms with Crippen LogP contribution in [0.1, 0.15) is 15.9 Å². The third kappa shape index (κ3) is 4.09. The normalized spacial score (nSPS) is 9.86. The van der Waals surface area contributed by atoms with Gasteiger partial charge in [-0.1, -0.05) is 36.4 Å². The topological polar surface area (TPSA) is 64.6 Å². The van der Waals surface area contributed by atoms with Gasteiger partial charge in [0.1, 0.15) is 0 Å². The van der Waals surface area contributed by atoms with Crippen molar-refractivity contribution in [3.8, 4) is 11.5 Å². The van der Waals surface area contributed by atoms with Gasteiger partial charge in [-0.05, 0) is 17.7 Å². The van der Waals surface area contributed by atoms with Crippen molar-refractivity contribution < 1.29 is 19.1 Å². The summed E-state index contributed by atoms with van der Waals surface area (Å²) in [5.41, 5.74) is 1.34. The maximum Gasteiger partial charge on any atom is 0.258 e. The second-order valence-electron chi connectivity index (χ2n) is 4.55. The molecule has 1 amide bonds. The van der Waals surface area contributed by atoms with E-state index >= 15 is 0 Å². The van der Waals surface area contributed by atoms with E-state index in [0.29, 0.717) is 24.1 Å². The summed E-state index contributed by atoms with van der Waals surface area (Å²) in [5.74, 6) is 0.418. The predicted molar refractivity (Wildman–Crippen MR) is 82.2 cm³/mol. The Morgan fingerprint density at radius 3 is 2.59 bits per heavy atom. The van der Waals surface area contributed by atoms with Crippen molar-refractivity contribution >= 4 is 12.2 Å². The highest BCUT2D eigenvalue weighted by molar-refractivity contribution is 5.82. The monoisotopic (exact) mass is 299 g/mol. The van der Waals surface area contributed by atoms with Gasteiger partial charge in [0.2, 0.25) is 0 Å². The van der Waals surface area contributed by atoms with Crippen molar-refractivity contribution in [2.24, 2.45) is 0 Å². The molecule has 22 heavy (non-hydrogen) atoms. The van der Waals surface area contributed by atoms with Crippen LogP contribution in [-0.2, 0) is 11.3 Å². The Balaban J connectivity index is 1.92. The first-order chi connectivity index (χ1) is 10.7. The molecule has 5 nitrogen and oxygen atoms in total. The molecular weight excluding hydrogens is 282 g/mol. The number of hydrogen-bond donors (Lipinski definition) is 1. The lowest BCUT2D eigenvalue weighted by atomic mass is 10.2. The second-order valence-corrected chi connectivity index (χ2v) is 4.55. The van der Waals surface area contributed by atoms with E-state index in [1.54, 1.807) is 18.2 Å². The molecule has 2 aromatic carbocycles. The molecule has 0 heterocycles. The molecule has 5 heteroatoms. The summed E-state index contributed by atoms with van der Waals surface area (Å²) >= 11 is 0. The average molecular weight is 299 g/mol. The Labute approximate surface area is 128 Å². The van der Waals surface area contributed by atoms with Crippen molar-refractivity contribution in [1.82, 2.24) is 5.32 Å². The first-order valence-corrected chi connectivity index (χ1v) is 6.80. The van der Waals surface area contributed by atoms with Gasteiger partial charge in [-0.2, -0.15) is 0 Å². The summed E-state index contributed by atoms with van der Waals surface area (Å²) < 4.78 is 10.6. The van der Waals surface area contributed by atoms with E-state index in [9.17, 15) is 9.59 Å². The molecule has 2 aromatic rings. The highest BCUT2D eigenvalue weighted by Crippen LogP contribution is 2.29. The molecule has 0 spiro atoms. The number of methoxy groups -OCH3 is 1. The molecule has 0 fully saturated rings. The van der Waals surface area contributed by atoms with E-state index < -0.39 is 0 Å². The van der Waals surface area contributed by atoms with Crippen LogP contribution in [-0.4, -0.2) is 25.9 Å². The van der Waals surface area contributed by atoms with Gasteiger partial charge < -0.3 is 14.8 Å². The largest absolute Gasteiger partial charge is 0.493 e. The minimum atomic E-state index is -0.272. The molecular formula is C17H17NO4. The van der Waals surface area contributed by atoms with Gasteiger partial charge >= 0.3 is 0 Å². The summed E-state index contributed by atoms with van der Waals surface area (Å²) in [6, 6.07) is 14.5. The lowest BCUT2D eigenvalue weighted by molar-refractivity contribution is -0.123. The Morgan fingerprint density at radius 1 is 1.14 bits per heavy atom. The third-order valence-electron chi connectivity index (χ3n) is 3.04. The summed E-state index contributed by atoms with van der Waals surface area (Å²) in [6.45, 7) is 0.240. The fourth-order valence-electron chi connectivity index (χ4n) is 1.93. The fourth-order valence-corrected chi connectivity index (χ4v) is 1.93. The van der Waals surface area contributed by atoms with Gasteiger partial charge in [0.05, 0.1) is 12.7 Å². The maximum atomic E-state index is 11.8. The van der Waals surface area contributed by atoms with Gasteiger partial charge in [0, 0.05) is 6.54 Å². The first kappa shape index (κ1) is 15.6. The molecule has 0 atom stereocenters. The first-order valence-electron chi connectivity index (χ1n) is 6.80. The molecule has 0 unspecified atom stereocenters. The zero-order chi connectivity index (χ0) is 15.8. The van der Waals surface area contributed by atoms with Crippen LogP contribution in [0, 0.1) is 0 Å². The summed E-state index contributed by atoms with van der Waals surface area (Å²) in [7, 11) is 1.48. The number of nitrogens with one attached hydrogen (secondary N) is 1. The quantitative estimate of drug-likeness (QED) is 0.796. The molecule has 0 aromatic heterocycles. The molecule has 1 N–H and O–H groups in total. The van der Waals surface area contributed by atoms with Crippen LogP contribution < -0.4 is 14.8 Å². The highest BCUT2D eigenvalue weighted by atomic mass is 16.5. The van der Waals surface area contributed by atoms with Crippen molar-refractivity contribution in [2.75, 3.05) is 13.7 Å².